The summed E-state index contributed by atoms with van der Waals surface area (Å²) in [7, 11) is -3.22. The molecule has 4 rings (SSSR count). The summed E-state index contributed by atoms with van der Waals surface area (Å²) in [4.78, 5) is 2.43. The molecular weight excluding hydrogens is 324 g/mol. The third kappa shape index (κ3) is 3.07. The molecule has 2 aliphatic heterocycles. The van der Waals surface area contributed by atoms with Gasteiger partial charge in [0.05, 0.1) is 11.3 Å². The van der Waals surface area contributed by atoms with E-state index >= 15 is 0 Å². The van der Waals surface area contributed by atoms with Crippen molar-refractivity contribution in [3.63, 3.8) is 0 Å². The highest BCUT2D eigenvalue weighted by molar-refractivity contribution is 7.90. The molecule has 0 unspecified atom stereocenters. The molecule has 2 heterocycles. The van der Waals surface area contributed by atoms with Crippen molar-refractivity contribution in [2.45, 2.75) is 55.9 Å². The summed E-state index contributed by atoms with van der Waals surface area (Å²) in [5.74, 6) is 0.845. The summed E-state index contributed by atoms with van der Waals surface area (Å²) >= 11 is 0. The van der Waals surface area contributed by atoms with Crippen LogP contribution in [0, 0.1) is 0 Å². The molecule has 132 valence electrons. The highest BCUT2D eigenvalue weighted by atomic mass is 32.2. The summed E-state index contributed by atoms with van der Waals surface area (Å²) in [6.07, 6.45) is 4.22. The SMILES string of the molecule is CCN1CCC2(CC1)C[C@@H](NS(=O)(=O)C1CC1)c1ccccc1O2. The Kier molecular flexibility index (Phi) is 4.09. The van der Waals surface area contributed by atoms with Gasteiger partial charge in [-0.3, -0.25) is 0 Å². The molecule has 1 saturated carbocycles. The van der Waals surface area contributed by atoms with E-state index in [9.17, 15) is 8.42 Å². The van der Waals surface area contributed by atoms with Gasteiger partial charge in [-0.2, -0.15) is 0 Å². The minimum atomic E-state index is -3.22. The van der Waals surface area contributed by atoms with Crippen LogP contribution >= 0.6 is 0 Å². The van der Waals surface area contributed by atoms with E-state index in [1.807, 2.05) is 24.3 Å². The molecule has 0 amide bonds. The van der Waals surface area contributed by atoms with Gasteiger partial charge in [0.25, 0.3) is 0 Å². The van der Waals surface area contributed by atoms with Gasteiger partial charge in [-0.15, -0.1) is 0 Å². The number of hydrogen-bond donors (Lipinski definition) is 1. The molecule has 2 fully saturated rings. The molecule has 0 aromatic heterocycles. The Morgan fingerprint density at radius 1 is 1.25 bits per heavy atom. The van der Waals surface area contributed by atoms with Gasteiger partial charge in [-0.05, 0) is 38.3 Å². The smallest absolute Gasteiger partial charge is 0.215 e. The van der Waals surface area contributed by atoms with E-state index in [0.29, 0.717) is 0 Å². The van der Waals surface area contributed by atoms with Crippen molar-refractivity contribution >= 4 is 10.0 Å². The molecule has 5 nitrogen and oxygen atoms in total. The number of para-hydroxylation sites is 1. The molecule has 1 aliphatic carbocycles. The second-order valence-electron chi connectivity index (χ2n) is 7.38. The van der Waals surface area contributed by atoms with Crippen LogP contribution in [0.1, 0.15) is 50.6 Å². The average molecular weight is 350 g/mol. The number of fused-ring (bicyclic) bond motifs is 1. The molecule has 3 aliphatic rings. The van der Waals surface area contributed by atoms with Crippen LogP contribution in [-0.4, -0.2) is 43.8 Å². The molecule has 1 spiro atoms. The second-order valence-corrected chi connectivity index (χ2v) is 9.37. The number of nitrogens with one attached hydrogen (secondary N) is 1. The van der Waals surface area contributed by atoms with Crippen LogP contribution in [-0.2, 0) is 10.0 Å². The summed E-state index contributed by atoms with van der Waals surface area (Å²) in [5.41, 5.74) is 0.738. The molecule has 1 atom stereocenters. The van der Waals surface area contributed by atoms with Crippen molar-refractivity contribution in [2.24, 2.45) is 0 Å². The number of nitrogens with zero attached hydrogens (tertiary/aromatic N) is 1. The zero-order chi connectivity index (χ0) is 16.8. The van der Waals surface area contributed by atoms with E-state index in [1.165, 1.54) is 0 Å². The lowest BCUT2D eigenvalue weighted by molar-refractivity contribution is -0.0220. The predicted molar refractivity (Wildman–Crippen MR) is 93.6 cm³/mol. The summed E-state index contributed by atoms with van der Waals surface area (Å²) in [6.45, 7) is 5.27. The molecule has 1 saturated heterocycles. The highest BCUT2D eigenvalue weighted by Crippen LogP contribution is 2.45. The Hall–Kier alpha value is -1.11. The lowest BCUT2D eigenvalue weighted by Gasteiger charge is -2.46. The van der Waals surface area contributed by atoms with Gasteiger partial charge < -0.3 is 9.64 Å². The normalized spacial score (nSPS) is 26.8. The lowest BCUT2D eigenvalue weighted by Crippen LogP contribution is -2.52. The van der Waals surface area contributed by atoms with Gasteiger partial charge in [-0.25, -0.2) is 13.1 Å². The molecule has 0 radical (unpaired) electrons. The first kappa shape index (κ1) is 16.4. The lowest BCUT2D eigenvalue weighted by atomic mass is 9.81. The summed E-state index contributed by atoms with van der Waals surface area (Å²) in [5, 5.41) is -0.189. The second kappa shape index (κ2) is 6.00. The van der Waals surface area contributed by atoms with Crippen molar-refractivity contribution < 1.29 is 13.2 Å². The third-order valence-corrected chi connectivity index (χ3v) is 7.64. The number of sulfonamides is 1. The Morgan fingerprint density at radius 3 is 2.62 bits per heavy atom. The Bertz CT molecular complexity index is 707. The Balaban J connectivity index is 1.61. The van der Waals surface area contributed by atoms with Crippen LogP contribution in [0.15, 0.2) is 24.3 Å². The average Bonchev–Trinajstić information content (AvgIpc) is 3.41. The van der Waals surface area contributed by atoms with Gasteiger partial charge in [0.15, 0.2) is 0 Å². The maximum Gasteiger partial charge on any atom is 0.215 e. The number of rotatable bonds is 4. The fraction of sp³-hybridized carbons (Fsp3) is 0.667. The maximum atomic E-state index is 12.5. The Labute approximate surface area is 144 Å². The van der Waals surface area contributed by atoms with Crippen LogP contribution in [0.2, 0.25) is 0 Å². The van der Waals surface area contributed by atoms with Crippen molar-refractivity contribution in [3.05, 3.63) is 29.8 Å². The van der Waals surface area contributed by atoms with E-state index in [2.05, 4.69) is 16.5 Å². The first-order chi connectivity index (χ1) is 11.5. The minimum Gasteiger partial charge on any atom is -0.487 e. The van der Waals surface area contributed by atoms with E-state index < -0.39 is 10.0 Å². The highest BCUT2D eigenvalue weighted by Gasteiger charge is 2.45. The van der Waals surface area contributed by atoms with Gasteiger partial charge >= 0.3 is 0 Å². The van der Waals surface area contributed by atoms with Crippen molar-refractivity contribution in [1.82, 2.24) is 9.62 Å². The minimum absolute atomic E-state index is 0.172. The number of ether oxygens (including phenoxy) is 1. The van der Waals surface area contributed by atoms with E-state index in [1.54, 1.807) is 0 Å². The zero-order valence-electron chi connectivity index (χ0n) is 14.2. The fourth-order valence-corrected chi connectivity index (χ4v) is 5.54. The number of benzene rings is 1. The molecule has 1 N–H and O–H groups in total. The van der Waals surface area contributed by atoms with Crippen molar-refractivity contribution in [1.29, 1.82) is 0 Å². The molecular formula is C18H26N2O3S. The number of hydrogen-bond acceptors (Lipinski definition) is 4. The first-order valence-corrected chi connectivity index (χ1v) is 10.6. The molecule has 24 heavy (non-hydrogen) atoms. The molecule has 0 bridgehead atoms. The van der Waals surface area contributed by atoms with Gasteiger partial charge in [0, 0.05) is 25.1 Å². The third-order valence-electron chi connectivity index (χ3n) is 5.68. The number of likely N-dealkylation sites (tertiary alicyclic amines) is 1. The van der Waals surface area contributed by atoms with E-state index in [-0.39, 0.29) is 16.9 Å². The van der Waals surface area contributed by atoms with Crippen LogP contribution in [0.3, 0.4) is 0 Å². The zero-order valence-corrected chi connectivity index (χ0v) is 15.0. The van der Waals surface area contributed by atoms with Crippen molar-refractivity contribution in [3.8, 4) is 5.75 Å². The van der Waals surface area contributed by atoms with Gasteiger partial charge in [0.1, 0.15) is 11.4 Å². The van der Waals surface area contributed by atoms with Crippen LogP contribution in [0.25, 0.3) is 0 Å². The largest absolute Gasteiger partial charge is 0.487 e. The van der Waals surface area contributed by atoms with Crippen LogP contribution in [0.4, 0.5) is 0 Å². The summed E-state index contributed by atoms with van der Waals surface area (Å²) in [6, 6.07) is 7.71. The van der Waals surface area contributed by atoms with Crippen LogP contribution in [0.5, 0.6) is 5.75 Å². The first-order valence-electron chi connectivity index (χ1n) is 9.03. The van der Waals surface area contributed by atoms with Gasteiger partial charge in [0.2, 0.25) is 10.0 Å². The van der Waals surface area contributed by atoms with Crippen molar-refractivity contribution in [2.75, 3.05) is 19.6 Å². The molecule has 6 heteroatoms. The predicted octanol–water partition coefficient (Wildman–Crippen LogP) is 2.45. The maximum absolute atomic E-state index is 12.5. The topological polar surface area (TPSA) is 58.6 Å². The quantitative estimate of drug-likeness (QED) is 0.906. The van der Waals surface area contributed by atoms with Crippen LogP contribution < -0.4 is 9.46 Å². The Morgan fingerprint density at radius 2 is 1.96 bits per heavy atom. The monoisotopic (exact) mass is 350 g/mol. The molecule has 1 aromatic carbocycles. The summed E-state index contributed by atoms with van der Waals surface area (Å²) < 4.78 is 34.4. The van der Waals surface area contributed by atoms with E-state index in [0.717, 1.165) is 63.1 Å². The standard InChI is InChI=1S/C18H26N2O3S/c1-2-20-11-9-18(10-12-20)13-16(19-24(21,22)14-7-8-14)15-5-3-4-6-17(15)23-18/h3-6,14,16,19H,2,7-13H2,1H3/t16-/m1/s1. The molecule has 1 aromatic rings. The van der Waals surface area contributed by atoms with Gasteiger partial charge in [-0.1, -0.05) is 25.1 Å². The fourth-order valence-electron chi connectivity index (χ4n) is 3.98. The number of piperidine rings is 1. The van der Waals surface area contributed by atoms with E-state index in [4.69, 9.17) is 4.74 Å².